The molecule has 0 saturated carbocycles. The molecule has 0 bridgehead atoms. The van der Waals surface area contributed by atoms with E-state index in [1.54, 1.807) is 0 Å². The van der Waals surface area contributed by atoms with E-state index in [1.807, 2.05) is 6.07 Å². The second-order valence-corrected chi connectivity index (χ2v) is 12.2. The highest BCUT2D eigenvalue weighted by molar-refractivity contribution is 5.95. The zero-order chi connectivity index (χ0) is 30.6. The van der Waals surface area contributed by atoms with E-state index in [0.717, 1.165) is 29.1 Å². The van der Waals surface area contributed by atoms with Crippen LogP contribution in [0.3, 0.4) is 0 Å². The highest BCUT2D eigenvalue weighted by Gasteiger charge is 2.34. The first-order valence-corrected chi connectivity index (χ1v) is 16.1. The molecule has 0 radical (unpaired) electrons. The normalized spacial score (nSPS) is 18.6. The zero-order valence-electron chi connectivity index (χ0n) is 25.6. The van der Waals surface area contributed by atoms with E-state index in [-0.39, 0.29) is 18.4 Å². The Morgan fingerprint density at radius 3 is 2.26 bits per heavy atom. The topological polar surface area (TPSA) is 48.6 Å². The molecule has 5 heteroatoms. The van der Waals surface area contributed by atoms with Gasteiger partial charge in [0.1, 0.15) is 11.9 Å². The van der Waals surface area contributed by atoms with E-state index >= 15 is 0 Å². The largest absolute Gasteiger partial charge is 0.464 e. The molecule has 9 rings (SSSR count). The van der Waals surface area contributed by atoms with Crippen molar-refractivity contribution in [3.05, 3.63) is 156 Å². The molecule has 0 fully saturated rings. The molecule has 3 unspecified atom stereocenters. The maximum absolute atomic E-state index is 6.42. The average Bonchev–Trinajstić information content (AvgIpc) is 3.74. The van der Waals surface area contributed by atoms with Gasteiger partial charge < -0.3 is 25.6 Å². The Morgan fingerprint density at radius 1 is 0.630 bits per heavy atom. The summed E-state index contributed by atoms with van der Waals surface area (Å²) in [6.45, 7) is 2.23. The van der Waals surface area contributed by atoms with Gasteiger partial charge in [-0.2, -0.15) is 0 Å². The van der Waals surface area contributed by atoms with Crippen LogP contribution in [0.5, 0.6) is 5.75 Å². The van der Waals surface area contributed by atoms with Crippen LogP contribution >= 0.6 is 0 Å². The van der Waals surface area contributed by atoms with Crippen molar-refractivity contribution in [2.24, 2.45) is 0 Å². The minimum Gasteiger partial charge on any atom is -0.464 e. The van der Waals surface area contributed by atoms with Gasteiger partial charge in [0, 0.05) is 28.1 Å². The molecular weight excluding hydrogens is 564 g/mol. The fraction of sp³-hybridized carbons (Fsp3) is 0.122. The van der Waals surface area contributed by atoms with Gasteiger partial charge in [-0.25, -0.2) is 0 Å². The summed E-state index contributed by atoms with van der Waals surface area (Å²) in [7, 11) is 0. The Labute approximate surface area is 269 Å². The van der Waals surface area contributed by atoms with Crippen LogP contribution in [-0.4, -0.2) is 6.17 Å². The number of hydrogen-bond acceptors (Lipinski definition) is 5. The molecule has 0 spiro atoms. The van der Waals surface area contributed by atoms with Crippen molar-refractivity contribution in [1.82, 2.24) is 0 Å². The third kappa shape index (κ3) is 4.31. The van der Waals surface area contributed by atoms with Gasteiger partial charge in [-0.05, 0) is 65.1 Å². The second kappa shape index (κ2) is 10.7. The van der Waals surface area contributed by atoms with E-state index in [0.29, 0.717) is 0 Å². The molecule has 0 aliphatic carbocycles. The van der Waals surface area contributed by atoms with Crippen LogP contribution in [0.25, 0.3) is 22.3 Å². The van der Waals surface area contributed by atoms with E-state index in [9.17, 15) is 0 Å². The predicted molar refractivity (Wildman–Crippen MR) is 189 cm³/mol. The van der Waals surface area contributed by atoms with E-state index in [2.05, 4.69) is 161 Å². The lowest BCUT2D eigenvalue weighted by atomic mass is 9.85. The summed E-state index contributed by atoms with van der Waals surface area (Å²) >= 11 is 0. The standard InChI is InChI=1S/C41H34N4O/c1-2-37-42-34-17-8-9-18-35(34)45(37)30-14-10-13-29(25-30)26-19-21-27(22-20-26)39-32-23-24-36-40(38(32)31-15-6-7-16-33(31)43-39)44-41(46-36)28-11-4-3-5-12-28/h3-25,37,39,41-44H,2H2,1H3. The number of hydrogen-bond donors (Lipinski definition) is 3. The van der Waals surface area contributed by atoms with Crippen LogP contribution in [0, 0.1) is 0 Å². The minimum atomic E-state index is -0.212. The smallest absolute Gasteiger partial charge is 0.196 e. The van der Waals surface area contributed by atoms with Gasteiger partial charge in [0.05, 0.1) is 23.1 Å². The van der Waals surface area contributed by atoms with Gasteiger partial charge in [0.2, 0.25) is 0 Å². The molecule has 46 heavy (non-hydrogen) atoms. The van der Waals surface area contributed by atoms with Crippen LogP contribution in [0.15, 0.2) is 140 Å². The lowest BCUT2D eigenvalue weighted by molar-refractivity contribution is 0.260. The van der Waals surface area contributed by atoms with Crippen molar-refractivity contribution in [1.29, 1.82) is 0 Å². The third-order valence-corrected chi connectivity index (χ3v) is 9.51. The van der Waals surface area contributed by atoms with Gasteiger partial charge in [0.15, 0.2) is 6.23 Å². The number of rotatable bonds is 5. The number of ether oxygens (including phenoxy) is 1. The Hall–Kier alpha value is -5.68. The van der Waals surface area contributed by atoms with Crippen LogP contribution in [0.1, 0.15) is 42.3 Å². The highest BCUT2D eigenvalue weighted by atomic mass is 16.5. The van der Waals surface area contributed by atoms with E-state index in [4.69, 9.17) is 4.74 Å². The Kier molecular flexibility index (Phi) is 6.23. The van der Waals surface area contributed by atoms with Crippen LogP contribution in [0.4, 0.5) is 28.4 Å². The minimum absolute atomic E-state index is 0.00523. The zero-order valence-corrected chi connectivity index (χ0v) is 25.6. The fourth-order valence-corrected chi connectivity index (χ4v) is 7.29. The molecule has 3 atom stereocenters. The molecule has 6 aromatic rings. The molecule has 0 amide bonds. The van der Waals surface area contributed by atoms with Gasteiger partial charge in [0.25, 0.3) is 0 Å². The molecule has 6 aromatic carbocycles. The van der Waals surface area contributed by atoms with Crippen LogP contribution < -0.4 is 25.6 Å². The van der Waals surface area contributed by atoms with E-state index in [1.165, 1.54) is 50.4 Å². The third-order valence-electron chi connectivity index (χ3n) is 9.51. The molecule has 3 N–H and O–H groups in total. The molecule has 3 aliphatic rings. The lowest BCUT2D eigenvalue weighted by Gasteiger charge is -2.31. The van der Waals surface area contributed by atoms with E-state index < -0.39 is 0 Å². The molecule has 5 nitrogen and oxygen atoms in total. The first-order valence-electron chi connectivity index (χ1n) is 16.1. The monoisotopic (exact) mass is 598 g/mol. The molecule has 3 aliphatic heterocycles. The predicted octanol–water partition coefficient (Wildman–Crippen LogP) is 10.3. The van der Waals surface area contributed by atoms with Crippen molar-refractivity contribution >= 4 is 28.4 Å². The summed E-state index contributed by atoms with van der Waals surface area (Å²) in [4.78, 5) is 2.42. The summed E-state index contributed by atoms with van der Waals surface area (Å²) in [5.74, 6) is 0.888. The van der Waals surface area contributed by atoms with Crippen LogP contribution in [0.2, 0.25) is 0 Å². The van der Waals surface area contributed by atoms with Gasteiger partial charge in [-0.3, -0.25) is 0 Å². The second-order valence-electron chi connectivity index (χ2n) is 12.2. The summed E-state index contributed by atoms with van der Waals surface area (Å²) in [5.41, 5.74) is 14.2. The highest BCUT2D eigenvalue weighted by Crippen LogP contribution is 2.53. The maximum Gasteiger partial charge on any atom is 0.196 e. The number of benzene rings is 6. The van der Waals surface area contributed by atoms with Gasteiger partial charge in [-0.1, -0.05) is 110 Å². The van der Waals surface area contributed by atoms with Crippen molar-refractivity contribution in [2.75, 3.05) is 20.9 Å². The van der Waals surface area contributed by atoms with Crippen molar-refractivity contribution in [3.63, 3.8) is 0 Å². The fourth-order valence-electron chi connectivity index (χ4n) is 7.29. The first-order chi connectivity index (χ1) is 22.7. The Morgan fingerprint density at radius 2 is 1.41 bits per heavy atom. The summed E-state index contributed by atoms with van der Waals surface area (Å²) < 4.78 is 6.42. The number of para-hydroxylation sites is 3. The molecule has 0 aromatic heterocycles. The number of anilines is 5. The molecule has 3 heterocycles. The van der Waals surface area contributed by atoms with Crippen molar-refractivity contribution in [3.8, 4) is 28.0 Å². The van der Waals surface area contributed by atoms with Gasteiger partial charge in [-0.15, -0.1) is 0 Å². The van der Waals surface area contributed by atoms with Gasteiger partial charge >= 0.3 is 0 Å². The molecular formula is C41H34N4O. The average molecular weight is 599 g/mol. The summed E-state index contributed by atoms with van der Waals surface area (Å²) in [6, 6.07) is 49.8. The van der Waals surface area contributed by atoms with Crippen molar-refractivity contribution in [2.45, 2.75) is 31.8 Å². The molecule has 0 saturated heterocycles. The maximum atomic E-state index is 6.42. The Bertz CT molecular complexity index is 2070. The van der Waals surface area contributed by atoms with Crippen LogP contribution in [-0.2, 0) is 0 Å². The first kappa shape index (κ1) is 26.7. The Balaban J connectivity index is 1.06. The SMILES string of the molecule is CCC1Nc2ccccc2N1c1cccc(-c2ccc(C3Nc4ccccc4-c4c3ccc3c4NC(c4ccccc4)O3)cc2)c1. The number of fused-ring (bicyclic) bond motifs is 6. The quantitative estimate of drug-likeness (QED) is 0.184. The summed E-state index contributed by atoms with van der Waals surface area (Å²) in [6.07, 6.45) is 1.03. The lowest BCUT2D eigenvalue weighted by Crippen LogP contribution is -2.30. The summed E-state index contributed by atoms with van der Waals surface area (Å²) in [5, 5.41) is 11.2. The number of nitrogens with one attached hydrogen (secondary N) is 3. The molecule has 224 valence electrons. The van der Waals surface area contributed by atoms with Crippen molar-refractivity contribution < 1.29 is 4.74 Å². The number of nitrogens with zero attached hydrogens (tertiary/aromatic N) is 1.